The molecule has 12 heteroatoms. The number of aromatic nitrogens is 3. The Morgan fingerprint density at radius 3 is 2.52 bits per heavy atom. The molecule has 10 nitrogen and oxygen atoms in total. The van der Waals surface area contributed by atoms with Gasteiger partial charge in [0.25, 0.3) is 0 Å². The molecule has 1 aromatic carbocycles. The van der Waals surface area contributed by atoms with Gasteiger partial charge in [0.05, 0.1) is 19.1 Å². The minimum atomic E-state index is -1.07. The van der Waals surface area contributed by atoms with Crippen molar-refractivity contribution in [3.05, 3.63) is 47.7 Å². The fraction of sp³-hybridized carbons (Fsp3) is 0.500. The van der Waals surface area contributed by atoms with Crippen LogP contribution >= 0.6 is 10.0 Å². The van der Waals surface area contributed by atoms with Crippen LogP contribution < -0.4 is 10.1 Å². The number of alkyl carbamates (subject to hydrolysis) is 1. The molecule has 0 unspecified atom stereocenters. The molecular weight excluding hydrogens is 539 g/mol. The van der Waals surface area contributed by atoms with E-state index in [1.807, 2.05) is 17.7 Å². The first-order valence-electron chi connectivity index (χ1n) is 12.7. The van der Waals surface area contributed by atoms with Gasteiger partial charge >= 0.3 is 12.1 Å². The number of rotatable bonds is 11. The number of benzene rings is 1. The summed E-state index contributed by atoms with van der Waals surface area (Å²) in [6.45, 7) is 8.00. The van der Waals surface area contributed by atoms with Crippen LogP contribution in [0.25, 0.3) is 11.0 Å². The van der Waals surface area contributed by atoms with E-state index in [1.54, 1.807) is 26.8 Å². The number of carbonyl (C=O) groups is 2. The number of carbonyl (C=O) groups excluding carboxylic acids is 2. The molecule has 0 aliphatic carbocycles. The molecule has 2 heterocycles. The highest BCUT2D eigenvalue weighted by atomic mass is 32.3. The number of esters is 1. The zero-order valence-electron chi connectivity index (χ0n) is 24.4. The molecule has 3 aromatic rings. The number of aryl methyl sites for hydroxylation is 1. The van der Waals surface area contributed by atoms with Gasteiger partial charge in [-0.2, -0.15) is 0 Å². The summed E-state index contributed by atoms with van der Waals surface area (Å²) in [7, 11) is 0.557. The zero-order valence-corrected chi connectivity index (χ0v) is 25.2. The van der Waals surface area contributed by atoms with Crippen LogP contribution in [-0.2, 0) is 32.2 Å². The number of nitrogens with one attached hydrogen (secondary N) is 1. The molecule has 0 bridgehead atoms. The number of nitrogens with zero attached hydrogens (tertiary/aromatic N) is 3. The van der Waals surface area contributed by atoms with Crippen molar-refractivity contribution in [2.45, 2.75) is 52.5 Å². The van der Waals surface area contributed by atoms with Crippen LogP contribution in [0.2, 0.25) is 0 Å². The molecule has 0 spiro atoms. The van der Waals surface area contributed by atoms with Crippen molar-refractivity contribution in [3.8, 4) is 11.6 Å². The van der Waals surface area contributed by atoms with Crippen molar-refractivity contribution in [3.63, 3.8) is 0 Å². The van der Waals surface area contributed by atoms with Crippen LogP contribution in [0.4, 0.5) is 9.18 Å². The van der Waals surface area contributed by atoms with Crippen LogP contribution in [0.1, 0.15) is 31.9 Å². The Kier molecular flexibility index (Phi) is 10.0. The van der Waals surface area contributed by atoms with E-state index in [-0.39, 0.29) is 18.1 Å². The Morgan fingerprint density at radius 2 is 1.90 bits per heavy atom. The first-order valence-corrected chi connectivity index (χ1v) is 15.8. The summed E-state index contributed by atoms with van der Waals surface area (Å²) in [5, 5.41) is 3.14. The van der Waals surface area contributed by atoms with E-state index in [2.05, 4.69) is 34.1 Å². The summed E-state index contributed by atoms with van der Waals surface area (Å²) >= 11 is 0. The van der Waals surface area contributed by atoms with Crippen molar-refractivity contribution in [2.24, 2.45) is 0 Å². The SMILES string of the molecule is COC(=O)[C@H](Cc1ccc(Oc2ncnc3c2c(C)cn3COCCS(C)(C)C)c(F)c1)NC(=O)OC(C)(C)C. The Bertz CT molecular complexity index is 1350. The normalized spacial score (nSPS) is 13.1. The summed E-state index contributed by atoms with van der Waals surface area (Å²) in [6.07, 6.45) is 9.20. The first-order chi connectivity index (χ1) is 18.7. The third-order valence-electron chi connectivity index (χ3n) is 5.70. The molecule has 1 atom stereocenters. The summed E-state index contributed by atoms with van der Waals surface area (Å²) in [5.74, 6) is -0.170. The van der Waals surface area contributed by atoms with Crippen LogP contribution in [0.5, 0.6) is 11.6 Å². The van der Waals surface area contributed by atoms with Gasteiger partial charge < -0.3 is 28.8 Å². The van der Waals surface area contributed by atoms with Crippen LogP contribution in [-0.4, -0.2) is 76.5 Å². The van der Waals surface area contributed by atoms with Crippen LogP contribution in [0, 0.1) is 12.7 Å². The van der Waals surface area contributed by atoms with Crippen molar-refractivity contribution >= 4 is 33.1 Å². The standard InChI is InChI=1S/C28H39FN4O6S/c1-18-15-33(17-37-11-12-40(6,7)8)24-23(18)25(31-16-30-24)38-22-10-9-19(13-20(22)29)14-21(26(34)36-5)32-27(35)39-28(2,3)4/h9-10,13,15-16,21H,11-12,14,17H2,1-8H3,(H,32,35)/t21-/m0/s1. The van der Waals surface area contributed by atoms with Crippen molar-refractivity contribution in [1.29, 1.82) is 0 Å². The van der Waals surface area contributed by atoms with E-state index >= 15 is 4.39 Å². The third-order valence-corrected chi connectivity index (χ3v) is 7.09. The summed E-state index contributed by atoms with van der Waals surface area (Å²) in [6, 6.07) is 3.22. The topological polar surface area (TPSA) is 114 Å². The second kappa shape index (κ2) is 12.9. The summed E-state index contributed by atoms with van der Waals surface area (Å²) in [5.41, 5.74) is 1.18. The number of hydrogen-bond acceptors (Lipinski definition) is 8. The summed E-state index contributed by atoms with van der Waals surface area (Å²) in [4.78, 5) is 33.1. The van der Waals surface area contributed by atoms with Crippen molar-refractivity contribution in [2.75, 3.05) is 38.2 Å². The molecule has 1 N–H and O–H groups in total. The lowest BCUT2D eigenvalue weighted by Crippen LogP contribution is -2.45. The monoisotopic (exact) mass is 578 g/mol. The molecule has 0 radical (unpaired) electrons. The Morgan fingerprint density at radius 1 is 1.18 bits per heavy atom. The predicted molar refractivity (Wildman–Crippen MR) is 154 cm³/mol. The van der Waals surface area contributed by atoms with Crippen molar-refractivity contribution in [1.82, 2.24) is 19.9 Å². The van der Waals surface area contributed by atoms with E-state index < -0.39 is 39.6 Å². The molecule has 40 heavy (non-hydrogen) atoms. The van der Waals surface area contributed by atoms with Gasteiger partial charge in [-0.15, -0.1) is 0 Å². The fourth-order valence-corrected chi connectivity index (χ4v) is 4.43. The van der Waals surface area contributed by atoms with Gasteiger partial charge in [-0.1, -0.05) is 6.07 Å². The van der Waals surface area contributed by atoms with E-state index in [1.165, 1.54) is 25.6 Å². The van der Waals surface area contributed by atoms with E-state index in [9.17, 15) is 9.59 Å². The van der Waals surface area contributed by atoms with Gasteiger partial charge in [0, 0.05) is 18.4 Å². The molecule has 3 rings (SSSR count). The highest BCUT2D eigenvalue weighted by Gasteiger charge is 2.26. The zero-order chi connectivity index (χ0) is 29.7. The van der Waals surface area contributed by atoms with E-state index in [4.69, 9.17) is 18.9 Å². The number of amides is 1. The van der Waals surface area contributed by atoms with E-state index in [0.717, 1.165) is 11.3 Å². The van der Waals surface area contributed by atoms with Gasteiger partial charge in [-0.3, -0.25) is 0 Å². The van der Waals surface area contributed by atoms with E-state index in [0.29, 0.717) is 29.9 Å². The maximum absolute atomic E-state index is 15.1. The number of methoxy groups -OCH3 is 1. The highest BCUT2D eigenvalue weighted by Crippen LogP contribution is 2.34. The molecule has 220 valence electrons. The second-order valence-electron chi connectivity index (χ2n) is 11.3. The lowest BCUT2D eigenvalue weighted by Gasteiger charge is -2.24. The van der Waals surface area contributed by atoms with Crippen molar-refractivity contribution < 1.29 is 32.9 Å². The Labute approximate surface area is 235 Å². The molecule has 0 aliphatic heterocycles. The maximum atomic E-state index is 15.1. The van der Waals surface area contributed by atoms with Gasteiger partial charge in [0.2, 0.25) is 5.88 Å². The lowest BCUT2D eigenvalue weighted by atomic mass is 10.1. The lowest BCUT2D eigenvalue weighted by molar-refractivity contribution is -0.143. The quantitative estimate of drug-likeness (QED) is 0.251. The number of ether oxygens (including phenoxy) is 4. The average molecular weight is 579 g/mol. The highest BCUT2D eigenvalue weighted by molar-refractivity contribution is 8.32. The minimum Gasteiger partial charge on any atom is -0.467 e. The number of fused-ring (bicyclic) bond motifs is 1. The van der Waals surface area contributed by atoms with Gasteiger partial charge in [-0.05, 0) is 69.7 Å². The first kappa shape index (κ1) is 31.2. The molecule has 0 saturated carbocycles. The second-order valence-corrected chi connectivity index (χ2v) is 15.9. The smallest absolute Gasteiger partial charge is 0.408 e. The molecule has 2 aromatic heterocycles. The Balaban J connectivity index is 1.75. The Hall–Kier alpha value is -3.38. The maximum Gasteiger partial charge on any atom is 0.408 e. The third kappa shape index (κ3) is 8.82. The molecule has 0 saturated heterocycles. The average Bonchev–Trinajstić information content (AvgIpc) is 3.17. The predicted octanol–water partition coefficient (Wildman–Crippen LogP) is 4.95. The van der Waals surface area contributed by atoms with Gasteiger partial charge in [0.1, 0.15) is 30.3 Å². The number of halogens is 1. The largest absolute Gasteiger partial charge is 0.467 e. The minimum absolute atomic E-state index is 0.0144. The molecular formula is C28H39FN4O6S. The number of hydrogen-bond donors (Lipinski definition) is 1. The van der Waals surface area contributed by atoms with Gasteiger partial charge in [0.15, 0.2) is 11.6 Å². The molecule has 0 aliphatic rings. The molecule has 1 amide bonds. The summed E-state index contributed by atoms with van der Waals surface area (Å²) < 4.78 is 38.8. The van der Waals surface area contributed by atoms with Gasteiger partial charge in [-0.25, -0.2) is 34.0 Å². The van der Waals surface area contributed by atoms with Crippen LogP contribution in [0.3, 0.4) is 0 Å². The molecule has 0 fully saturated rings. The fourth-order valence-electron chi connectivity index (χ4n) is 3.81. The van der Waals surface area contributed by atoms with Crippen LogP contribution in [0.15, 0.2) is 30.7 Å².